The van der Waals surface area contributed by atoms with Crippen LogP contribution in [0.15, 0.2) is 22.7 Å². The van der Waals surface area contributed by atoms with Crippen molar-refractivity contribution in [2.24, 2.45) is 0 Å². The van der Waals surface area contributed by atoms with Crippen LogP contribution in [-0.4, -0.2) is 11.9 Å². The Labute approximate surface area is 117 Å². The average Bonchev–Trinajstić information content (AvgIpc) is 2.55. The average molecular weight is 333 g/mol. The molecular formula is C12H11BrClNOS. The largest absolute Gasteiger partial charge is 0.349 e. The molecule has 2 rings (SSSR count). The second-order valence-corrected chi connectivity index (χ2v) is 6.36. The Balaban J connectivity index is 2.49. The van der Waals surface area contributed by atoms with Gasteiger partial charge in [-0.1, -0.05) is 27.5 Å². The predicted molar refractivity (Wildman–Crippen MR) is 77.1 cm³/mol. The van der Waals surface area contributed by atoms with Crippen LogP contribution >= 0.6 is 38.9 Å². The van der Waals surface area contributed by atoms with E-state index < -0.39 is 0 Å². The zero-order chi connectivity index (χ0) is 12.6. The summed E-state index contributed by atoms with van der Waals surface area (Å²) in [5.41, 5.74) is 0. The number of carbonyl (C=O) groups excluding carboxylic acids is 1. The van der Waals surface area contributed by atoms with Gasteiger partial charge in [-0.25, -0.2) is 0 Å². The summed E-state index contributed by atoms with van der Waals surface area (Å²) >= 11 is 11.1. The number of hydrogen-bond acceptors (Lipinski definition) is 2. The number of benzene rings is 1. The number of amides is 1. The van der Waals surface area contributed by atoms with Crippen molar-refractivity contribution < 1.29 is 4.79 Å². The molecule has 2 aromatic rings. The number of fused-ring (bicyclic) bond motifs is 1. The maximum atomic E-state index is 11.9. The topological polar surface area (TPSA) is 29.1 Å². The highest BCUT2D eigenvalue weighted by atomic mass is 79.9. The van der Waals surface area contributed by atoms with E-state index in [1.165, 1.54) is 11.3 Å². The summed E-state index contributed by atoms with van der Waals surface area (Å²) in [6.07, 6.45) is 0. The van der Waals surface area contributed by atoms with Crippen LogP contribution in [0.5, 0.6) is 0 Å². The lowest BCUT2D eigenvalue weighted by Gasteiger charge is -2.06. The summed E-state index contributed by atoms with van der Waals surface area (Å²) in [6.45, 7) is 3.85. The highest BCUT2D eigenvalue weighted by molar-refractivity contribution is 9.10. The molecule has 1 N–H and O–H groups in total. The second-order valence-electron chi connectivity index (χ2n) is 4.01. The normalized spacial score (nSPS) is 11.1. The maximum absolute atomic E-state index is 11.9. The molecule has 1 amide bonds. The third-order valence-corrected chi connectivity index (χ3v) is 4.38. The van der Waals surface area contributed by atoms with Crippen molar-refractivity contribution in [2.75, 3.05) is 0 Å². The Morgan fingerprint density at radius 1 is 1.47 bits per heavy atom. The Hall–Kier alpha value is -0.580. The van der Waals surface area contributed by atoms with Gasteiger partial charge in [0.1, 0.15) is 4.88 Å². The molecule has 0 atom stereocenters. The lowest BCUT2D eigenvalue weighted by molar-refractivity contribution is 0.0947. The summed E-state index contributed by atoms with van der Waals surface area (Å²) in [6, 6.07) is 5.94. The van der Waals surface area contributed by atoms with Gasteiger partial charge in [0.15, 0.2) is 0 Å². The summed E-state index contributed by atoms with van der Waals surface area (Å²) in [4.78, 5) is 12.5. The van der Waals surface area contributed by atoms with Gasteiger partial charge in [0, 0.05) is 20.6 Å². The molecule has 1 heterocycles. The van der Waals surface area contributed by atoms with Crippen LogP contribution in [-0.2, 0) is 0 Å². The third-order valence-electron chi connectivity index (χ3n) is 2.22. The van der Waals surface area contributed by atoms with Crippen molar-refractivity contribution in [3.63, 3.8) is 0 Å². The highest BCUT2D eigenvalue weighted by Crippen LogP contribution is 2.36. The van der Waals surface area contributed by atoms with Crippen LogP contribution in [0.1, 0.15) is 23.5 Å². The van der Waals surface area contributed by atoms with Crippen LogP contribution in [0.3, 0.4) is 0 Å². The first-order valence-corrected chi connectivity index (χ1v) is 7.16. The summed E-state index contributed by atoms with van der Waals surface area (Å²) in [5.74, 6) is -0.109. The van der Waals surface area contributed by atoms with Crippen LogP contribution in [0.4, 0.5) is 0 Å². The molecule has 0 radical (unpaired) electrons. The van der Waals surface area contributed by atoms with Gasteiger partial charge in [-0.2, -0.15) is 0 Å². The zero-order valence-corrected chi connectivity index (χ0v) is 12.5. The molecule has 5 heteroatoms. The van der Waals surface area contributed by atoms with Gasteiger partial charge in [-0.05, 0) is 32.0 Å². The minimum atomic E-state index is -0.109. The molecule has 0 unspecified atom stereocenters. The number of rotatable bonds is 2. The van der Waals surface area contributed by atoms with Gasteiger partial charge in [0.2, 0.25) is 0 Å². The molecule has 2 nitrogen and oxygen atoms in total. The smallest absolute Gasteiger partial charge is 0.263 e. The fourth-order valence-electron chi connectivity index (χ4n) is 1.51. The van der Waals surface area contributed by atoms with Crippen LogP contribution in [0.25, 0.3) is 10.1 Å². The van der Waals surface area contributed by atoms with Gasteiger partial charge in [-0.3, -0.25) is 4.79 Å². The van der Waals surface area contributed by atoms with Gasteiger partial charge in [0.25, 0.3) is 5.91 Å². The number of carbonyl (C=O) groups is 1. The molecule has 0 aliphatic rings. The lowest BCUT2D eigenvalue weighted by atomic mass is 10.2. The second kappa shape index (κ2) is 4.96. The molecule has 90 valence electrons. The van der Waals surface area contributed by atoms with Crippen molar-refractivity contribution in [1.29, 1.82) is 0 Å². The number of nitrogens with one attached hydrogen (secondary N) is 1. The van der Waals surface area contributed by atoms with E-state index >= 15 is 0 Å². The van der Waals surface area contributed by atoms with Crippen molar-refractivity contribution in [3.05, 3.63) is 32.6 Å². The molecule has 1 aromatic heterocycles. The van der Waals surface area contributed by atoms with Crippen LogP contribution in [0, 0.1) is 0 Å². The Kier molecular flexibility index (Phi) is 3.76. The third kappa shape index (κ3) is 2.64. The van der Waals surface area contributed by atoms with Crippen LogP contribution < -0.4 is 5.32 Å². The van der Waals surface area contributed by atoms with E-state index in [-0.39, 0.29) is 11.9 Å². The fraction of sp³-hybridized carbons (Fsp3) is 0.250. The van der Waals surface area contributed by atoms with E-state index in [2.05, 4.69) is 21.2 Å². The van der Waals surface area contributed by atoms with E-state index in [9.17, 15) is 4.79 Å². The van der Waals surface area contributed by atoms with E-state index in [4.69, 9.17) is 11.6 Å². The molecular weight excluding hydrogens is 322 g/mol. The molecule has 17 heavy (non-hydrogen) atoms. The predicted octanol–water partition coefficient (Wildman–Crippen LogP) is 4.46. The van der Waals surface area contributed by atoms with Crippen LogP contribution in [0.2, 0.25) is 5.02 Å². The van der Waals surface area contributed by atoms with E-state index in [1.807, 2.05) is 32.0 Å². The molecule has 0 fully saturated rings. The SMILES string of the molecule is CC(C)NC(=O)c1sc2ccc(Br)cc2c1Cl. The van der Waals surface area contributed by atoms with E-state index in [1.54, 1.807) is 0 Å². The minimum absolute atomic E-state index is 0.107. The van der Waals surface area contributed by atoms with Gasteiger partial charge >= 0.3 is 0 Å². The standard InChI is InChI=1S/C12H11BrClNOS/c1-6(2)15-12(16)11-10(14)8-5-7(13)3-4-9(8)17-11/h3-6H,1-2H3,(H,15,16). The summed E-state index contributed by atoms with van der Waals surface area (Å²) < 4.78 is 1.98. The first-order valence-electron chi connectivity index (χ1n) is 5.17. The molecule has 0 spiro atoms. The van der Waals surface area contributed by atoms with E-state index in [0.717, 1.165) is 14.6 Å². The first-order chi connectivity index (χ1) is 7.99. The van der Waals surface area contributed by atoms with Gasteiger partial charge < -0.3 is 5.32 Å². The molecule has 0 bridgehead atoms. The fourth-order valence-corrected chi connectivity index (χ4v) is 3.27. The highest BCUT2D eigenvalue weighted by Gasteiger charge is 2.17. The molecule has 0 saturated heterocycles. The molecule has 0 aliphatic carbocycles. The number of halogens is 2. The molecule has 0 aliphatic heterocycles. The Morgan fingerprint density at radius 2 is 2.18 bits per heavy atom. The van der Waals surface area contributed by atoms with E-state index in [0.29, 0.717) is 9.90 Å². The Bertz CT molecular complexity index is 579. The summed E-state index contributed by atoms with van der Waals surface area (Å²) in [5, 5.41) is 4.30. The van der Waals surface area contributed by atoms with Crippen molar-refractivity contribution in [2.45, 2.75) is 19.9 Å². The lowest BCUT2D eigenvalue weighted by Crippen LogP contribution is -2.29. The first kappa shape index (κ1) is 12.9. The molecule has 0 saturated carbocycles. The number of thiophene rings is 1. The number of hydrogen-bond donors (Lipinski definition) is 1. The van der Waals surface area contributed by atoms with Gasteiger partial charge in [-0.15, -0.1) is 11.3 Å². The quantitative estimate of drug-likeness (QED) is 0.864. The monoisotopic (exact) mass is 331 g/mol. The Morgan fingerprint density at radius 3 is 2.82 bits per heavy atom. The van der Waals surface area contributed by atoms with Crippen molar-refractivity contribution >= 4 is 54.9 Å². The maximum Gasteiger partial charge on any atom is 0.263 e. The molecule has 1 aromatic carbocycles. The zero-order valence-electron chi connectivity index (χ0n) is 9.38. The summed E-state index contributed by atoms with van der Waals surface area (Å²) in [7, 11) is 0. The van der Waals surface area contributed by atoms with Gasteiger partial charge in [0.05, 0.1) is 5.02 Å². The van der Waals surface area contributed by atoms with Crippen molar-refractivity contribution in [1.82, 2.24) is 5.32 Å². The van der Waals surface area contributed by atoms with Crippen molar-refractivity contribution in [3.8, 4) is 0 Å². The minimum Gasteiger partial charge on any atom is -0.349 e.